The Hall–Kier alpha value is -2.25. The summed E-state index contributed by atoms with van der Waals surface area (Å²) < 4.78 is 45.0. The second-order valence-electron chi connectivity index (χ2n) is 6.71. The lowest BCUT2D eigenvalue weighted by Gasteiger charge is -2.18. The number of benzene rings is 2. The van der Waals surface area contributed by atoms with Crippen LogP contribution in [-0.2, 0) is 16.4 Å². The molecule has 146 valence electrons. The van der Waals surface area contributed by atoms with Gasteiger partial charge >= 0.3 is 0 Å². The molecule has 0 saturated heterocycles. The molecule has 7 heteroatoms. The molecule has 6 nitrogen and oxygen atoms in total. The van der Waals surface area contributed by atoms with Crippen molar-refractivity contribution in [3.8, 4) is 17.2 Å². The standard InChI is InChI=1S/C20H25NO5S/c1-12-8-19(26-5)20(9-13(12)2)27(22,23)21-16-7-6-14-10-17(24-3)18(25-4)11-15(14)16/h8-11,16,21H,6-7H2,1-5H3. The highest BCUT2D eigenvalue weighted by Gasteiger charge is 2.30. The maximum absolute atomic E-state index is 13.1. The summed E-state index contributed by atoms with van der Waals surface area (Å²) in [7, 11) is 0.883. The van der Waals surface area contributed by atoms with E-state index in [9.17, 15) is 8.42 Å². The van der Waals surface area contributed by atoms with Gasteiger partial charge in [0.15, 0.2) is 11.5 Å². The van der Waals surface area contributed by atoms with E-state index in [0.29, 0.717) is 23.7 Å². The van der Waals surface area contributed by atoms with Crippen molar-refractivity contribution in [2.75, 3.05) is 21.3 Å². The van der Waals surface area contributed by atoms with Crippen molar-refractivity contribution >= 4 is 10.0 Å². The molecule has 0 amide bonds. The van der Waals surface area contributed by atoms with Crippen LogP contribution in [0.2, 0.25) is 0 Å². The molecule has 0 bridgehead atoms. The van der Waals surface area contributed by atoms with E-state index in [1.807, 2.05) is 26.0 Å². The first-order chi connectivity index (χ1) is 12.8. The van der Waals surface area contributed by atoms with Gasteiger partial charge in [-0.05, 0) is 73.2 Å². The average molecular weight is 391 g/mol. The third kappa shape index (κ3) is 3.61. The molecule has 27 heavy (non-hydrogen) atoms. The quantitative estimate of drug-likeness (QED) is 0.818. The van der Waals surface area contributed by atoms with E-state index >= 15 is 0 Å². The summed E-state index contributed by atoms with van der Waals surface area (Å²) >= 11 is 0. The van der Waals surface area contributed by atoms with Crippen LogP contribution in [-0.4, -0.2) is 29.7 Å². The van der Waals surface area contributed by atoms with Gasteiger partial charge in [0.25, 0.3) is 0 Å². The maximum Gasteiger partial charge on any atom is 0.244 e. The zero-order valence-electron chi connectivity index (χ0n) is 16.3. The van der Waals surface area contributed by atoms with Crippen LogP contribution in [0.15, 0.2) is 29.2 Å². The first kappa shape index (κ1) is 19.5. The highest BCUT2D eigenvalue weighted by molar-refractivity contribution is 7.89. The van der Waals surface area contributed by atoms with E-state index in [0.717, 1.165) is 28.7 Å². The summed E-state index contributed by atoms with van der Waals surface area (Å²) in [5, 5.41) is 0. The summed E-state index contributed by atoms with van der Waals surface area (Å²) in [5.41, 5.74) is 3.86. The van der Waals surface area contributed by atoms with Crippen molar-refractivity contribution in [1.29, 1.82) is 0 Å². The Labute approximate surface area is 160 Å². The fourth-order valence-corrected chi connectivity index (χ4v) is 4.92. The Morgan fingerprint density at radius 3 is 2.11 bits per heavy atom. The molecular formula is C20H25NO5S. The van der Waals surface area contributed by atoms with Crippen LogP contribution in [0.3, 0.4) is 0 Å². The fraction of sp³-hybridized carbons (Fsp3) is 0.400. The van der Waals surface area contributed by atoms with Gasteiger partial charge in [0.2, 0.25) is 10.0 Å². The number of hydrogen-bond acceptors (Lipinski definition) is 5. The zero-order valence-corrected chi connectivity index (χ0v) is 17.1. The van der Waals surface area contributed by atoms with Crippen molar-refractivity contribution in [2.45, 2.75) is 37.6 Å². The van der Waals surface area contributed by atoms with Crippen LogP contribution < -0.4 is 18.9 Å². The van der Waals surface area contributed by atoms with Crippen LogP contribution >= 0.6 is 0 Å². The molecule has 0 aliphatic heterocycles. The first-order valence-corrected chi connectivity index (χ1v) is 10.2. The van der Waals surface area contributed by atoms with E-state index in [-0.39, 0.29) is 10.9 Å². The molecule has 2 aromatic rings. The molecular weight excluding hydrogens is 366 g/mol. The van der Waals surface area contributed by atoms with Crippen molar-refractivity contribution < 1.29 is 22.6 Å². The van der Waals surface area contributed by atoms with Gasteiger partial charge in [0.05, 0.1) is 21.3 Å². The second-order valence-corrected chi connectivity index (χ2v) is 8.39. The topological polar surface area (TPSA) is 73.9 Å². The lowest BCUT2D eigenvalue weighted by Crippen LogP contribution is -2.28. The molecule has 1 aliphatic carbocycles. The van der Waals surface area contributed by atoms with Gasteiger partial charge in [-0.1, -0.05) is 0 Å². The van der Waals surface area contributed by atoms with Crippen molar-refractivity contribution in [1.82, 2.24) is 4.72 Å². The molecule has 3 rings (SSSR count). The van der Waals surface area contributed by atoms with Gasteiger partial charge in [0.1, 0.15) is 10.6 Å². The predicted octanol–water partition coefficient (Wildman–Crippen LogP) is 3.30. The summed E-state index contributed by atoms with van der Waals surface area (Å²) in [6.45, 7) is 3.81. The second kappa shape index (κ2) is 7.40. The molecule has 0 saturated carbocycles. The van der Waals surface area contributed by atoms with E-state index in [1.165, 1.54) is 7.11 Å². The minimum absolute atomic E-state index is 0.155. The Morgan fingerprint density at radius 1 is 0.889 bits per heavy atom. The maximum atomic E-state index is 13.1. The van der Waals surface area contributed by atoms with Gasteiger partial charge in [-0.2, -0.15) is 0 Å². The summed E-state index contributed by atoms with van der Waals surface area (Å²) in [5.74, 6) is 1.58. The number of nitrogens with one attached hydrogen (secondary N) is 1. The number of ether oxygens (including phenoxy) is 3. The van der Waals surface area contributed by atoms with Crippen molar-refractivity contribution in [2.24, 2.45) is 0 Å². The molecule has 1 atom stereocenters. The molecule has 0 spiro atoms. The Kier molecular flexibility index (Phi) is 5.35. The van der Waals surface area contributed by atoms with Crippen molar-refractivity contribution in [3.63, 3.8) is 0 Å². The Bertz CT molecular complexity index is 969. The summed E-state index contributed by atoms with van der Waals surface area (Å²) in [6.07, 6.45) is 1.45. The van der Waals surface area contributed by atoms with Gasteiger partial charge in [-0.15, -0.1) is 0 Å². The number of fused-ring (bicyclic) bond motifs is 1. The Morgan fingerprint density at radius 2 is 1.48 bits per heavy atom. The van der Waals surface area contributed by atoms with Crippen LogP contribution in [0.4, 0.5) is 0 Å². The molecule has 0 heterocycles. The summed E-state index contributed by atoms with van der Waals surface area (Å²) in [6, 6.07) is 6.85. The van der Waals surface area contributed by atoms with Gasteiger partial charge < -0.3 is 14.2 Å². The number of rotatable bonds is 6. The van der Waals surface area contributed by atoms with Gasteiger partial charge in [-0.25, -0.2) is 13.1 Å². The lowest BCUT2D eigenvalue weighted by atomic mass is 10.1. The van der Waals surface area contributed by atoms with Gasteiger partial charge in [0, 0.05) is 6.04 Å². The highest BCUT2D eigenvalue weighted by Crippen LogP contribution is 2.40. The predicted molar refractivity (Wildman–Crippen MR) is 103 cm³/mol. The average Bonchev–Trinajstić information content (AvgIpc) is 3.03. The summed E-state index contributed by atoms with van der Waals surface area (Å²) in [4.78, 5) is 0.155. The van der Waals surface area contributed by atoms with Crippen LogP contribution in [0.5, 0.6) is 17.2 Å². The minimum Gasteiger partial charge on any atom is -0.495 e. The Balaban J connectivity index is 1.97. The van der Waals surface area contributed by atoms with E-state index in [1.54, 1.807) is 26.4 Å². The third-order valence-electron chi connectivity index (χ3n) is 5.09. The zero-order chi connectivity index (χ0) is 19.8. The van der Waals surface area contributed by atoms with E-state index in [4.69, 9.17) is 14.2 Å². The smallest absolute Gasteiger partial charge is 0.244 e. The fourth-order valence-electron chi connectivity index (χ4n) is 3.44. The molecule has 0 aromatic heterocycles. The number of sulfonamides is 1. The molecule has 2 aromatic carbocycles. The van der Waals surface area contributed by atoms with E-state index < -0.39 is 10.0 Å². The normalized spacial score (nSPS) is 16.1. The van der Waals surface area contributed by atoms with Crippen LogP contribution in [0.25, 0.3) is 0 Å². The monoisotopic (exact) mass is 391 g/mol. The first-order valence-electron chi connectivity index (χ1n) is 8.73. The number of hydrogen-bond donors (Lipinski definition) is 1. The highest BCUT2D eigenvalue weighted by atomic mass is 32.2. The number of methoxy groups -OCH3 is 3. The van der Waals surface area contributed by atoms with Gasteiger partial charge in [-0.3, -0.25) is 0 Å². The molecule has 1 N–H and O–H groups in total. The number of aryl methyl sites for hydroxylation is 3. The molecule has 0 radical (unpaired) electrons. The van der Waals surface area contributed by atoms with E-state index in [2.05, 4.69) is 4.72 Å². The molecule has 1 aliphatic rings. The third-order valence-corrected chi connectivity index (χ3v) is 6.58. The minimum atomic E-state index is -3.75. The lowest BCUT2D eigenvalue weighted by molar-refractivity contribution is 0.354. The van der Waals surface area contributed by atoms with Crippen molar-refractivity contribution in [3.05, 3.63) is 46.5 Å². The SMILES string of the molecule is COc1cc2c(cc1OC)C(NS(=O)(=O)c1cc(C)c(C)cc1OC)CC2. The largest absolute Gasteiger partial charge is 0.495 e. The molecule has 1 unspecified atom stereocenters. The van der Waals surface area contributed by atoms with Crippen LogP contribution in [0, 0.1) is 13.8 Å². The molecule has 0 fully saturated rings. The van der Waals surface area contributed by atoms with Crippen LogP contribution in [0.1, 0.15) is 34.7 Å².